The fraction of sp³-hybridized carbons (Fsp3) is 0.278. The molecule has 25 heavy (non-hydrogen) atoms. The summed E-state index contributed by atoms with van der Waals surface area (Å²) >= 11 is 1.49. The van der Waals surface area contributed by atoms with E-state index >= 15 is 0 Å². The van der Waals surface area contributed by atoms with E-state index < -0.39 is 10.0 Å². The number of aryl methyl sites for hydroxylation is 2. The topological polar surface area (TPSA) is 66.5 Å². The lowest BCUT2D eigenvalue weighted by Crippen LogP contribution is -2.22. The van der Waals surface area contributed by atoms with Crippen LogP contribution in [0.1, 0.15) is 11.1 Å². The van der Waals surface area contributed by atoms with Crippen LogP contribution in [0.5, 0.6) is 0 Å². The van der Waals surface area contributed by atoms with Gasteiger partial charge in [0.1, 0.15) is 0 Å². The zero-order valence-electron chi connectivity index (χ0n) is 14.7. The fourth-order valence-electron chi connectivity index (χ4n) is 2.12. The first kappa shape index (κ1) is 19.5. The highest BCUT2D eigenvalue weighted by atomic mass is 32.2. The molecule has 7 heteroatoms. The van der Waals surface area contributed by atoms with Gasteiger partial charge < -0.3 is 5.32 Å². The predicted octanol–water partition coefficient (Wildman–Crippen LogP) is 3.28. The number of carbonyl (C=O) groups is 1. The van der Waals surface area contributed by atoms with Gasteiger partial charge in [-0.05, 0) is 49.7 Å². The van der Waals surface area contributed by atoms with Crippen LogP contribution in [0.2, 0.25) is 0 Å². The van der Waals surface area contributed by atoms with Gasteiger partial charge in [0, 0.05) is 24.7 Å². The molecule has 0 heterocycles. The molecule has 0 aliphatic rings. The molecule has 0 aliphatic heterocycles. The Bertz CT molecular complexity index is 860. The summed E-state index contributed by atoms with van der Waals surface area (Å²) in [6.07, 6.45) is 0. The average molecular weight is 379 g/mol. The third-order valence-corrected chi connectivity index (χ3v) is 6.61. The van der Waals surface area contributed by atoms with Crippen molar-refractivity contribution in [1.29, 1.82) is 0 Å². The number of amides is 1. The van der Waals surface area contributed by atoms with Crippen LogP contribution in [0.3, 0.4) is 0 Å². The van der Waals surface area contributed by atoms with Gasteiger partial charge in [-0.2, -0.15) is 0 Å². The van der Waals surface area contributed by atoms with E-state index in [4.69, 9.17) is 0 Å². The van der Waals surface area contributed by atoms with Gasteiger partial charge >= 0.3 is 0 Å². The molecule has 134 valence electrons. The lowest BCUT2D eigenvalue weighted by molar-refractivity contribution is -0.113. The van der Waals surface area contributed by atoms with E-state index in [2.05, 4.69) is 11.4 Å². The zero-order chi connectivity index (χ0) is 18.6. The summed E-state index contributed by atoms with van der Waals surface area (Å²) in [5, 5.41) is 2.79. The molecule has 0 bridgehead atoms. The maximum Gasteiger partial charge on any atom is 0.242 e. The average Bonchev–Trinajstić information content (AvgIpc) is 2.56. The Labute approximate surface area is 153 Å². The van der Waals surface area contributed by atoms with Crippen LogP contribution in [0.25, 0.3) is 0 Å². The minimum absolute atomic E-state index is 0.130. The standard InChI is InChI=1S/C18H22N2O3S2/c1-13-5-6-14(2)17(11-13)24-12-18(21)19-15-7-9-16(10-8-15)25(22,23)20(3)4/h5-11H,12H2,1-4H3,(H,19,21). The summed E-state index contributed by atoms with van der Waals surface area (Å²) in [7, 11) is -0.497. The molecule has 2 aromatic rings. The first-order valence-corrected chi connectivity index (χ1v) is 10.1. The van der Waals surface area contributed by atoms with Crippen LogP contribution < -0.4 is 5.32 Å². The van der Waals surface area contributed by atoms with Gasteiger partial charge in [0.25, 0.3) is 0 Å². The second kappa shape index (κ2) is 8.03. The summed E-state index contributed by atoms with van der Waals surface area (Å²) in [5.41, 5.74) is 2.87. The summed E-state index contributed by atoms with van der Waals surface area (Å²) in [4.78, 5) is 13.4. The number of nitrogens with one attached hydrogen (secondary N) is 1. The molecule has 0 aromatic heterocycles. The summed E-state index contributed by atoms with van der Waals surface area (Å²) in [5.74, 6) is 0.163. The van der Waals surface area contributed by atoms with Gasteiger partial charge in [-0.15, -0.1) is 11.8 Å². The van der Waals surface area contributed by atoms with E-state index in [-0.39, 0.29) is 10.8 Å². The third kappa shape index (κ3) is 5.07. The van der Waals surface area contributed by atoms with Crippen molar-refractivity contribution in [2.45, 2.75) is 23.6 Å². The lowest BCUT2D eigenvalue weighted by atomic mass is 10.2. The number of nitrogens with zero attached hydrogens (tertiary/aromatic N) is 1. The van der Waals surface area contributed by atoms with Crippen molar-refractivity contribution in [3.05, 3.63) is 53.6 Å². The molecule has 0 saturated heterocycles. The minimum atomic E-state index is -3.46. The molecule has 5 nitrogen and oxygen atoms in total. The van der Waals surface area contributed by atoms with Crippen molar-refractivity contribution in [1.82, 2.24) is 4.31 Å². The highest BCUT2D eigenvalue weighted by Crippen LogP contribution is 2.24. The monoisotopic (exact) mass is 378 g/mol. The second-order valence-corrected chi connectivity index (χ2v) is 9.09. The number of hydrogen-bond acceptors (Lipinski definition) is 4. The van der Waals surface area contributed by atoms with Crippen molar-refractivity contribution in [3.63, 3.8) is 0 Å². The molecule has 2 aromatic carbocycles. The molecule has 0 atom stereocenters. The highest BCUT2D eigenvalue weighted by Gasteiger charge is 2.16. The van der Waals surface area contributed by atoms with Gasteiger partial charge in [0.05, 0.1) is 10.6 Å². The van der Waals surface area contributed by atoms with Gasteiger partial charge in [-0.1, -0.05) is 17.7 Å². The number of hydrogen-bond donors (Lipinski definition) is 1. The number of rotatable bonds is 6. The molecule has 0 aliphatic carbocycles. The maximum absolute atomic E-state index is 12.1. The van der Waals surface area contributed by atoms with Crippen molar-refractivity contribution >= 4 is 33.4 Å². The Morgan fingerprint density at radius 1 is 1.08 bits per heavy atom. The Morgan fingerprint density at radius 3 is 2.32 bits per heavy atom. The fourth-order valence-corrected chi connectivity index (χ4v) is 3.95. The zero-order valence-corrected chi connectivity index (χ0v) is 16.4. The van der Waals surface area contributed by atoms with Gasteiger partial charge in [-0.3, -0.25) is 4.79 Å². The molecular formula is C18H22N2O3S2. The molecule has 1 amide bonds. The molecule has 0 unspecified atom stereocenters. The maximum atomic E-state index is 12.1. The van der Waals surface area contributed by atoms with Crippen molar-refractivity contribution in [3.8, 4) is 0 Å². The lowest BCUT2D eigenvalue weighted by Gasteiger charge is -2.12. The van der Waals surface area contributed by atoms with Crippen LogP contribution in [-0.2, 0) is 14.8 Å². The van der Waals surface area contributed by atoms with Gasteiger partial charge in [-0.25, -0.2) is 12.7 Å². The van der Waals surface area contributed by atoms with Crippen LogP contribution >= 0.6 is 11.8 Å². The molecule has 0 fully saturated rings. The van der Waals surface area contributed by atoms with E-state index in [9.17, 15) is 13.2 Å². The normalized spacial score (nSPS) is 11.6. The van der Waals surface area contributed by atoms with Crippen LogP contribution in [-0.4, -0.2) is 38.5 Å². The van der Waals surface area contributed by atoms with Crippen molar-refractivity contribution < 1.29 is 13.2 Å². The Hall–Kier alpha value is -1.83. The Balaban J connectivity index is 1.98. The molecular weight excluding hydrogens is 356 g/mol. The molecule has 2 rings (SSSR count). The van der Waals surface area contributed by atoms with E-state index in [0.717, 1.165) is 20.3 Å². The van der Waals surface area contributed by atoms with Crippen LogP contribution in [0.4, 0.5) is 5.69 Å². The largest absolute Gasteiger partial charge is 0.325 e. The minimum Gasteiger partial charge on any atom is -0.325 e. The summed E-state index contributed by atoms with van der Waals surface area (Å²) < 4.78 is 25.2. The first-order chi connectivity index (χ1) is 11.7. The molecule has 0 radical (unpaired) electrons. The predicted molar refractivity (Wildman–Crippen MR) is 103 cm³/mol. The SMILES string of the molecule is Cc1ccc(C)c(SCC(=O)Nc2ccc(S(=O)(=O)N(C)C)cc2)c1. The van der Waals surface area contributed by atoms with Crippen LogP contribution in [0, 0.1) is 13.8 Å². The van der Waals surface area contributed by atoms with E-state index in [1.54, 1.807) is 12.1 Å². The quantitative estimate of drug-likeness (QED) is 0.784. The second-order valence-electron chi connectivity index (χ2n) is 5.92. The number of thioether (sulfide) groups is 1. The van der Waals surface area contributed by atoms with E-state index in [1.165, 1.54) is 38.0 Å². The first-order valence-electron chi connectivity index (χ1n) is 7.72. The Kier molecular flexibility index (Phi) is 6.26. The van der Waals surface area contributed by atoms with E-state index in [1.807, 2.05) is 26.0 Å². The van der Waals surface area contributed by atoms with Gasteiger partial charge in [0.2, 0.25) is 15.9 Å². The summed E-state index contributed by atoms with van der Waals surface area (Å²) in [6, 6.07) is 12.3. The number of carbonyl (C=O) groups excluding carboxylic acids is 1. The smallest absolute Gasteiger partial charge is 0.242 e. The number of anilines is 1. The number of sulfonamides is 1. The molecule has 0 saturated carbocycles. The van der Waals surface area contributed by atoms with Crippen molar-refractivity contribution in [2.75, 3.05) is 25.2 Å². The van der Waals surface area contributed by atoms with Crippen LogP contribution in [0.15, 0.2) is 52.3 Å². The van der Waals surface area contributed by atoms with E-state index in [0.29, 0.717) is 11.4 Å². The highest BCUT2D eigenvalue weighted by molar-refractivity contribution is 8.00. The number of benzene rings is 2. The summed E-state index contributed by atoms with van der Waals surface area (Å²) in [6.45, 7) is 4.04. The molecule has 0 spiro atoms. The third-order valence-electron chi connectivity index (χ3n) is 3.62. The Morgan fingerprint density at radius 2 is 1.72 bits per heavy atom. The van der Waals surface area contributed by atoms with Crippen molar-refractivity contribution in [2.24, 2.45) is 0 Å². The van der Waals surface area contributed by atoms with Gasteiger partial charge in [0.15, 0.2) is 0 Å². The molecule has 1 N–H and O–H groups in total.